The number of esters is 3. The topological polar surface area (TPSA) is 118 Å². The molecule has 8 heteroatoms. The van der Waals surface area contributed by atoms with E-state index in [0.29, 0.717) is 11.1 Å². The number of hydrogen-bond acceptors (Lipinski definition) is 8. The average molecular weight is 279 g/mol. The summed E-state index contributed by atoms with van der Waals surface area (Å²) in [5.41, 5.74) is 6.55. The van der Waals surface area contributed by atoms with Crippen LogP contribution in [0.25, 0.3) is 11.2 Å². The lowest BCUT2D eigenvalue weighted by atomic mass is 10.1. The summed E-state index contributed by atoms with van der Waals surface area (Å²) >= 11 is 0. The van der Waals surface area contributed by atoms with Crippen LogP contribution in [0.2, 0.25) is 0 Å². The van der Waals surface area contributed by atoms with E-state index in [4.69, 9.17) is 19.6 Å². The van der Waals surface area contributed by atoms with E-state index in [1.165, 1.54) is 6.07 Å². The quantitative estimate of drug-likeness (QED) is 0.611. The first-order chi connectivity index (χ1) is 9.60. The Kier molecular flexibility index (Phi) is 2.79. The fourth-order valence-corrected chi connectivity index (χ4v) is 1.95. The highest BCUT2D eigenvalue weighted by Crippen LogP contribution is 2.41. The van der Waals surface area contributed by atoms with Crippen molar-refractivity contribution in [2.45, 2.75) is 6.61 Å². The van der Waals surface area contributed by atoms with Gasteiger partial charge in [-0.2, -0.15) is 0 Å². The summed E-state index contributed by atoms with van der Waals surface area (Å²) in [6.45, 7) is -0.734. The molecule has 0 spiro atoms. The minimum absolute atomic E-state index is 0.103. The van der Waals surface area contributed by atoms with Crippen molar-refractivity contribution < 1.29 is 33.0 Å². The van der Waals surface area contributed by atoms with Crippen LogP contribution in [0.3, 0.4) is 0 Å². The number of hydrogen-bond donors (Lipinski definition) is 1. The van der Waals surface area contributed by atoms with Gasteiger partial charge in [0.25, 0.3) is 0 Å². The van der Waals surface area contributed by atoms with Crippen molar-refractivity contribution in [3.05, 3.63) is 17.2 Å². The SMILES string of the molecule is NCC(=O)OCC(=O)Oc1cc2oc1c1c2COC1=O. The van der Waals surface area contributed by atoms with Gasteiger partial charge in [-0.05, 0) is 0 Å². The zero-order chi connectivity index (χ0) is 14.3. The molecule has 1 aliphatic rings. The summed E-state index contributed by atoms with van der Waals surface area (Å²) in [4.78, 5) is 33.8. The first-order valence-corrected chi connectivity index (χ1v) is 5.71. The molecule has 0 saturated carbocycles. The van der Waals surface area contributed by atoms with E-state index < -0.39 is 24.5 Å². The zero-order valence-electron chi connectivity index (χ0n) is 10.1. The van der Waals surface area contributed by atoms with E-state index in [1.54, 1.807) is 0 Å². The Labute approximate surface area is 111 Å². The van der Waals surface area contributed by atoms with Gasteiger partial charge in [-0.25, -0.2) is 9.59 Å². The van der Waals surface area contributed by atoms with Crippen LogP contribution in [-0.4, -0.2) is 31.1 Å². The van der Waals surface area contributed by atoms with Crippen molar-refractivity contribution in [3.8, 4) is 5.75 Å². The first-order valence-electron chi connectivity index (χ1n) is 5.71. The van der Waals surface area contributed by atoms with Crippen molar-refractivity contribution >= 4 is 29.1 Å². The monoisotopic (exact) mass is 279 g/mol. The number of rotatable bonds is 4. The molecule has 2 bridgehead atoms. The van der Waals surface area contributed by atoms with Crippen molar-refractivity contribution in [2.75, 3.05) is 13.2 Å². The summed E-state index contributed by atoms with van der Waals surface area (Å²) in [5.74, 6) is -1.92. The van der Waals surface area contributed by atoms with E-state index in [0.717, 1.165) is 0 Å². The molecular formula is C12H9NO7. The van der Waals surface area contributed by atoms with Gasteiger partial charge in [0.15, 0.2) is 17.9 Å². The summed E-state index contributed by atoms with van der Waals surface area (Å²) in [6.07, 6.45) is 0. The highest BCUT2D eigenvalue weighted by molar-refractivity contribution is 6.06. The minimum atomic E-state index is -0.796. The van der Waals surface area contributed by atoms with Crippen molar-refractivity contribution in [1.82, 2.24) is 0 Å². The molecule has 2 N–H and O–H groups in total. The van der Waals surface area contributed by atoms with Gasteiger partial charge in [0.05, 0.1) is 12.1 Å². The third-order valence-corrected chi connectivity index (χ3v) is 2.82. The Bertz CT molecular complexity index is 702. The Morgan fingerprint density at radius 3 is 2.90 bits per heavy atom. The molecule has 0 aliphatic carbocycles. The second kappa shape index (κ2) is 4.49. The molecular weight excluding hydrogens is 270 g/mol. The molecule has 0 fully saturated rings. The van der Waals surface area contributed by atoms with Crippen LogP contribution in [0, 0.1) is 0 Å². The summed E-state index contributed by atoms with van der Waals surface area (Å²) in [7, 11) is 0. The maximum Gasteiger partial charge on any atom is 0.349 e. The van der Waals surface area contributed by atoms with Gasteiger partial charge < -0.3 is 24.4 Å². The number of benzene rings is 1. The summed E-state index contributed by atoms with van der Waals surface area (Å²) in [6, 6.07) is 1.48. The van der Waals surface area contributed by atoms with E-state index in [2.05, 4.69) is 4.74 Å². The number of cyclic esters (lactones) is 1. The average Bonchev–Trinajstić information content (AvgIpc) is 3.09. The molecule has 20 heavy (non-hydrogen) atoms. The van der Waals surface area contributed by atoms with Gasteiger partial charge in [0.2, 0.25) is 0 Å². The lowest BCUT2D eigenvalue weighted by Crippen LogP contribution is -2.23. The molecule has 0 atom stereocenters. The van der Waals surface area contributed by atoms with E-state index in [-0.39, 0.29) is 30.0 Å². The van der Waals surface area contributed by atoms with Crippen LogP contribution in [0.15, 0.2) is 10.5 Å². The van der Waals surface area contributed by atoms with Gasteiger partial charge in [0.1, 0.15) is 17.8 Å². The largest absolute Gasteiger partial charge is 0.457 e. The highest BCUT2D eigenvalue weighted by Gasteiger charge is 2.34. The molecule has 0 amide bonds. The van der Waals surface area contributed by atoms with Crippen molar-refractivity contribution in [1.29, 1.82) is 0 Å². The number of carbonyl (C=O) groups excluding carboxylic acids is 3. The van der Waals surface area contributed by atoms with Crippen LogP contribution in [0.5, 0.6) is 5.75 Å². The maximum atomic E-state index is 11.5. The van der Waals surface area contributed by atoms with Gasteiger partial charge in [-0.1, -0.05) is 0 Å². The smallest absolute Gasteiger partial charge is 0.349 e. The third kappa shape index (κ3) is 1.86. The molecule has 0 saturated heterocycles. The van der Waals surface area contributed by atoms with Crippen LogP contribution in [0.4, 0.5) is 0 Å². The fourth-order valence-electron chi connectivity index (χ4n) is 1.95. The summed E-state index contributed by atoms with van der Waals surface area (Å²) < 4.78 is 19.7. The highest BCUT2D eigenvalue weighted by atomic mass is 16.6. The lowest BCUT2D eigenvalue weighted by molar-refractivity contribution is -0.152. The molecule has 1 aliphatic heterocycles. The Hall–Kier alpha value is -2.61. The minimum Gasteiger partial charge on any atom is -0.457 e. The molecule has 104 valence electrons. The number of carbonyl (C=O) groups is 3. The fraction of sp³-hybridized carbons (Fsp3) is 0.250. The standard InChI is InChI=1S/C12H9NO7/c13-2-8(14)17-4-9(15)19-7-1-6-5-3-18-12(16)10(5)11(7)20-6/h1H,2-4,13H2. The Morgan fingerprint density at radius 2 is 2.15 bits per heavy atom. The number of nitrogens with two attached hydrogens (primary N) is 1. The predicted octanol–water partition coefficient (Wildman–Crippen LogP) is -0.0517. The van der Waals surface area contributed by atoms with E-state index in [1.807, 2.05) is 0 Å². The molecule has 3 heterocycles. The molecule has 0 aromatic carbocycles. The van der Waals surface area contributed by atoms with Crippen molar-refractivity contribution in [2.24, 2.45) is 5.73 Å². The number of furan rings is 2. The summed E-state index contributed by atoms with van der Waals surface area (Å²) in [5, 5.41) is 0. The molecule has 0 radical (unpaired) electrons. The number of fused-ring (bicyclic) bond motifs is 5. The first kappa shape index (κ1) is 12.4. The normalized spacial score (nSPS) is 13.3. The molecule has 2 aromatic heterocycles. The zero-order valence-corrected chi connectivity index (χ0v) is 10.1. The third-order valence-electron chi connectivity index (χ3n) is 2.82. The van der Waals surface area contributed by atoms with Crippen LogP contribution in [0.1, 0.15) is 15.9 Å². The molecule has 8 nitrogen and oxygen atoms in total. The number of ether oxygens (including phenoxy) is 3. The molecule has 2 aromatic rings. The lowest BCUT2D eigenvalue weighted by Gasteiger charge is -2.03. The van der Waals surface area contributed by atoms with Crippen LogP contribution in [-0.2, 0) is 25.7 Å². The van der Waals surface area contributed by atoms with E-state index in [9.17, 15) is 14.4 Å². The van der Waals surface area contributed by atoms with Crippen molar-refractivity contribution in [3.63, 3.8) is 0 Å². The van der Waals surface area contributed by atoms with Gasteiger partial charge in [-0.3, -0.25) is 4.79 Å². The molecule has 0 unspecified atom stereocenters. The van der Waals surface area contributed by atoms with Gasteiger partial charge >= 0.3 is 17.9 Å². The molecule has 3 rings (SSSR count). The second-order valence-corrected chi connectivity index (χ2v) is 4.07. The van der Waals surface area contributed by atoms with Gasteiger partial charge in [-0.15, -0.1) is 0 Å². The predicted molar refractivity (Wildman–Crippen MR) is 62.2 cm³/mol. The Morgan fingerprint density at radius 1 is 1.35 bits per heavy atom. The maximum absolute atomic E-state index is 11.5. The van der Waals surface area contributed by atoms with Crippen LogP contribution < -0.4 is 10.5 Å². The van der Waals surface area contributed by atoms with Gasteiger partial charge in [0, 0.05) is 6.07 Å². The Balaban J connectivity index is 1.74. The van der Waals surface area contributed by atoms with E-state index >= 15 is 0 Å². The van der Waals surface area contributed by atoms with Crippen LogP contribution >= 0.6 is 0 Å². The second-order valence-electron chi connectivity index (χ2n) is 4.07.